The quantitative estimate of drug-likeness (QED) is 0.476. The van der Waals surface area contributed by atoms with Crippen LogP contribution in [0.15, 0.2) is 12.7 Å². The molecule has 0 fully saturated rings. The van der Waals surface area contributed by atoms with Crippen molar-refractivity contribution in [3.8, 4) is 0 Å². The summed E-state index contributed by atoms with van der Waals surface area (Å²) in [6.45, 7) is 12.7. The van der Waals surface area contributed by atoms with Crippen LogP contribution in [0, 0.1) is 5.41 Å². The SMILES string of the molecule is C=CCCCCNCC(C)(C)C. The van der Waals surface area contributed by atoms with Crippen LogP contribution >= 0.6 is 0 Å². The van der Waals surface area contributed by atoms with Gasteiger partial charge in [0, 0.05) is 0 Å². The summed E-state index contributed by atoms with van der Waals surface area (Å²) in [5.41, 5.74) is 0.415. The second-order valence-corrected chi connectivity index (χ2v) is 4.52. The number of unbranched alkanes of at least 4 members (excludes halogenated alkanes) is 2. The predicted octanol–water partition coefficient (Wildman–Crippen LogP) is 2.98. The third-order valence-electron chi connectivity index (χ3n) is 1.67. The summed E-state index contributed by atoms with van der Waals surface area (Å²) in [5.74, 6) is 0. The molecule has 1 heteroatoms. The van der Waals surface area contributed by atoms with E-state index in [1.54, 1.807) is 0 Å². The van der Waals surface area contributed by atoms with Crippen LogP contribution in [-0.4, -0.2) is 13.1 Å². The second-order valence-electron chi connectivity index (χ2n) is 4.52. The molecule has 0 amide bonds. The summed E-state index contributed by atoms with van der Waals surface area (Å²) in [6, 6.07) is 0. The second kappa shape index (κ2) is 6.24. The first-order valence-electron chi connectivity index (χ1n) is 4.88. The van der Waals surface area contributed by atoms with Crippen molar-refractivity contribution in [2.24, 2.45) is 5.41 Å². The van der Waals surface area contributed by atoms with Gasteiger partial charge >= 0.3 is 0 Å². The third kappa shape index (κ3) is 9.70. The lowest BCUT2D eigenvalue weighted by molar-refractivity contribution is 0.378. The highest BCUT2D eigenvalue weighted by atomic mass is 14.9. The number of nitrogens with one attached hydrogen (secondary N) is 1. The molecule has 0 saturated carbocycles. The fourth-order valence-electron chi connectivity index (χ4n) is 1.00. The number of rotatable bonds is 6. The van der Waals surface area contributed by atoms with Crippen molar-refractivity contribution in [1.82, 2.24) is 5.32 Å². The smallest absolute Gasteiger partial charge is 0.0000126 e. The van der Waals surface area contributed by atoms with Crippen LogP contribution in [0.3, 0.4) is 0 Å². The van der Waals surface area contributed by atoms with Crippen molar-refractivity contribution in [2.75, 3.05) is 13.1 Å². The minimum absolute atomic E-state index is 0.415. The summed E-state index contributed by atoms with van der Waals surface area (Å²) >= 11 is 0. The average molecular weight is 169 g/mol. The van der Waals surface area contributed by atoms with Crippen molar-refractivity contribution in [1.29, 1.82) is 0 Å². The Morgan fingerprint density at radius 2 is 1.92 bits per heavy atom. The summed E-state index contributed by atoms with van der Waals surface area (Å²) in [4.78, 5) is 0. The fourth-order valence-corrected chi connectivity index (χ4v) is 1.00. The molecule has 0 atom stereocenters. The monoisotopic (exact) mass is 169 g/mol. The van der Waals surface area contributed by atoms with E-state index in [9.17, 15) is 0 Å². The van der Waals surface area contributed by atoms with E-state index >= 15 is 0 Å². The van der Waals surface area contributed by atoms with Gasteiger partial charge in [-0.2, -0.15) is 0 Å². The van der Waals surface area contributed by atoms with Crippen LogP contribution in [0.4, 0.5) is 0 Å². The first-order valence-corrected chi connectivity index (χ1v) is 4.88. The first-order chi connectivity index (χ1) is 5.56. The van der Waals surface area contributed by atoms with E-state index in [2.05, 4.69) is 32.7 Å². The maximum absolute atomic E-state index is 3.70. The molecule has 0 aromatic heterocycles. The van der Waals surface area contributed by atoms with E-state index in [1.165, 1.54) is 12.8 Å². The molecular formula is C11H23N. The molecule has 0 heterocycles. The van der Waals surface area contributed by atoms with E-state index in [4.69, 9.17) is 0 Å². The highest BCUT2D eigenvalue weighted by molar-refractivity contribution is 4.67. The molecule has 0 spiro atoms. The van der Waals surface area contributed by atoms with Crippen molar-refractivity contribution in [2.45, 2.75) is 40.0 Å². The Balaban J connectivity index is 3.06. The maximum atomic E-state index is 3.70. The molecule has 0 aromatic carbocycles. The Morgan fingerprint density at radius 1 is 1.25 bits per heavy atom. The number of hydrogen-bond acceptors (Lipinski definition) is 1. The van der Waals surface area contributed by atoms with Crippen molar-refractivity contribution in [3.63, 3.8) is 0 Å². The molecule has 0 rings (SSSR count). The molecule has 0 saturated heterocycles. The molecule has 0 unspecified atom stereocenters. The zero-order chi connectivity index (χ0) is 9.45. The lowest BCUT2D eigenvalue weighted by atomic mass is 9.97. The van der Waals surface area contributed by atoms with Crippen LogP contribution in [0.1, 0.15) is 40.0 Å². The van der Waals surface area contributed by atoms with Gasteiger partial charge in [0.15, 0.2) is 0 Å². The van der Waals surface area contributed by atoms with Gasteiger partial charge in [-0.1, -0.05) is 26.8 Å². The van der Waals surface area contributed by atoms with Crippen molar-refractivity contribution < 1.29 is 0 Å². The van der Waals surface area contributed by atoms with Gasteiger partial charge < -0.3 is 5.32 Å². The van der Waals surface area contributed by atoms with Gasteiger partial charge in [-0.05, 0) is 37.8 Å². The van der Waals surface area contributed by atoms with Crippen LogP contribution in [0.25, 0.3) is 0 Å². The zero-order valence-corrected chi connectivity index (χ0v) is 8.82. The maximum Gasteiger partial charge on any atom is -0.0000126 e. The summed E-state index contributed by atoms with van der Waals surface area (Å²) in [7, 11) is 0. The Kier molecular flexibility index (Phi) is 6.09. The largest absolute Gasteiger partial charge is 0.316 e. The van der Waals surface area contributed by atoms with E-state index in [-0.39, 0.29) is 0 Å². The molecule has 0 aliphatic rings. The van der Waals surface area contributed by atoms with Crippen molar-refractivity contribution in [3.05, 3.63) is 12.7 Å². The lowest BCUT2D eigenvalue weighted by Crippen LogP contribution is -2.27. The molecule has 0 aliphatic heterocycles. The minimum atomic E-state index is 0.415. The van der Waals surface area contributed by atoms with Gasteiger partial charge in [0.05, 0.1) is 0 Å². The van der Waals surface area contributed by atoms with Gasteiger partial charge in [0.25, 0.3) is 0 Å². The minimum Gasteiger partial charge on any atom is -0.316 e. The van der Waals surface area contributed by atoms with Crippen LogP contribution in [-0.2, 0) is 0 Å². The highest BCUT2D eigenvalue weighted by Crippen LogP contribution is 2.10. The topological polar surface area (TPSA) is 12.0 Å². The summed E-state index contributed by atoms with van der Waals surface area (Å²) in [5, 5.41) is 3.45. The predicted molar refractivity (Wildman–Crippen MR) is 56.4 cm³/mol. The Morgan fingerprint density at radius 3 is 2.42 bits per heavy atom. The average Bonchev–Trinajstić information content (AvgIpc) is 1.94. The molecule has 12 heavy (non-hydrogen) atoms. The Bertz CT molecular complexity index is 111. The molecule has 72 valence electrons. The lowest BCUT2D eigenvalue weighted by Gasteiger charge is -2.18. The highest BCUT2D eigenvalue weighted by Gasteiger charge is 2.07. The molecule has 1 N–H and O–H groups in total. The molecule has 0 bridgehead atoms. The third-order valence-corrected chi connectivity index (χ3v) is 1.67. The van der Waals surface area contributed by atoms with E-state index in [0.29, 0.717) is 5.41 Å². The van der Waals surface area contributed by atoms with Gasteiger partial charge in [0.2, 0.25) is 0 Å². The Hall–Kier alpha value is -0.300. The molecule has 1 nitrogen and oxygen atoms in total. The van der Waals surface area contributed by atoms with Crippen LogP contribution in [0.5, 0.6) is 0 Å². The van der Waals surface area contributed by atoms with E-state index < -0.39 is 0 Å². The first kappa shape index (κ1) is 11.7. The molecule has 0 aromatic rings. The van der Waals surface area contributed by atoms with Crippen LogP contribution < -0.4 is 5.32 Å². The van der Waals surface area contributed by atoms with Gasteiger partial charge in [-0.25, -0.2) is 0 Å². The fraction of sp³-hybridized carbons (Fsp3) is 0.818. The molecule has 0 aliphatic carbocycles. The summed E-state index contributed by atoms with van der Waals surface area (Å²) in [6.07, 6.45) is 5.67. The number of allylic oxidation sites excluding steroid dienone is 1. The van der Waals surface area contributed by atoms with Gasteiger partial charge in [0.1, 0.15) is 0 Å². The van der Waals surface area contributed by atoms with Gasteiger partial charge in [-0.3, -0.25) is 0 Å². The summed E-state index contributed by atoms with van der Waals surface area (Å²) < 4.78 is 0. The Labute approximate surface area is 77.2 Å². The number of hydrogen-bond donors (Lipinski definition) is 1. The molecular weight excluding hydrogens is 146 g/mol. The molecule has 0 radical (unpaired) electrons. The standard InChI is InChI=1S/C11H23N/c1-5-6-7-8-9-12-10-11(2,3)4/h5,12H,1,6-10H2,2-4H3. The zero-order valence-electron chi connectivity index (χ0n) is 8.82. The van der Waals surface area contributed by atoms with E-state index in [0.717, 1.165) is 19.5 Å². The van der Waals surface area contributed by atoms with Crippen LogP contribution in [0.2, 0.25) is 0 Å². The van der Waals surface area contributed by atoms with Crippen molar-refractivity contribution >= 4 is 0 Å². The van der Waals surface area contributed by atoms with E-state index in [1.807, 2.05) is 6.08 Å². The normalized spacial score (nSPS) is 11.6. The van der Waals surface area contributed by atoms with Gasteiger partial charge in [-0.15, -0.1) is 6.58 Å².